The summed E-state index contributed by atoms with van der Waals surface area (Å²) < 4.78 is 11.5. The zero-order valence-electron chi connectivity index (χ0n) is 20.1. The summed E-state index contributed by atoms with van der Waals surface area (Å²) in [6.45, 7) is 8.41. The number of aryl methyl sites for hydroxylation is 1. The SMILES string of the molecule is CCCOc1ccc(CN(C(=O)COc2ccccc2)C2CCCCN(CC)C2=O)cc1C. The van der Waals surface area contributed by atoms with Gasteiger partial charge in [0.2, 0.25) is 5.91 Å². The third-order valence-corrected chi connectivity index (χ3v) is 5.99. The average Bonchev–Trinajstić information content (AvgIpc) is 3.02. The van der Waals surface area contributed by atoms with E-state index in [1.165, 1.54) is 0 Å². The van der Waals surface area contributed by atoms with Gasteiger partial charge in [0.25, 0.3) is 5.91 Å². The summed E-state index contributed by atoms with van der Waals surface area (Å²) in [6, 6.07) is 14.8. The summed E-state index contributed by atoms with van der Waals surface area (Å²) in [4.78, 5) is 30.2. The minimum absolute atomic E-state index is 0.0303. The van der Waals surface area contributed by atoms with Crippen LogP contribution in [0.4, 0.5) is 0 Å². The van der Waals surface area contributed by atoms with Crippen molar-refractivity contribution in [3.8, 4) is 11.5 Å². The lowest BCUT2D eigenvalue weighted by atomic mass is 10.1. The molecule has 1 fully saturated rings. The van der Waals surface area contributed by atoms with Gasteiger partial charge in [0.1, 0.15) is 17.5 Å². The summed E-state index contributed by atoms with van der Waals surface area (Å²) in [5, 5.41) is 0. The molecule has 1 atom stereocenters. The van der Waals surface area contributed by atoms with Crippen molar-refractivity contribution in [3.05, 3.63) is 59.7 Å². The van der Waals surface area contributed by atoms with Gasteiger partial charge < -0.3 is 19.3 Å². The van der Waals surface area contributed by atoms with E-state index in [0.29, 0.717) is 31.9 Å². The number of para-hydroxylation sites is 1. The van der Waals surface area contributed by atoms with Gasteiger partial charge in [-0.1, -0.05) is 37.3 Å². The number of benzene rings is 2. The highest BCUT2D eigenvalue weighted by molar-refractivity contribution is 5.88. The monoisotopic (exact) mass is 452 g/mol. The molecule has 6 nitrogen and oxygen atoms in total. The fraction of sp³-hybridized carbons (Fsp3) is 0.481. The highest BCUT2D eigenvalue weighted by Crippen LogP contribution is 2.24. The summed E-state index contributed by atoms with van der Waals surface area (Å²) >= 11 is 0. The number of carbonyl (C=O) groups is 2. The Morgan fingerprint density at radius 3 is 2.58 bits per heavy atom. The summed E-state index contributed by atoms with van der Waals surface area (Å²) in [5.74, 6) is 1.34. The summed E-state index contributed by atoms with van der Waals surface area (Å²) in [6.07, 6.45) is 3.49. The number of likely N-dealkylation sites (N-methyl/N-ethyl adjacent to an activating group) is 1. The second-order valence-corrected chi connectivity index (χ2v) is 8.50. The Morgan fingerprint density at radius 2 is 1.88 bits per heavy atom. The van der Waals surface area contributed by atoms with Crippen LogP contribution in [0.3, 0.4) is 0 Å². The van der Waals surface area contributed by atoms with E-state index in [-0.39, 0.29) is 18.4 Å². The van der Waals surface area contributed by atoms with E-state index in [4.69, 9.17) is 9.47 Å². The molecular formula is C27H36N2O4. The molecule has 0 N–H and O–H groups in total. The highest BCUT2D eigenvalue weighted by Gasteiger charge is 2.34. The van der Waals surface area contributed by atoms with Gasteiger partial charge in [-0.2, -0.15) is 0 Å². The largest absolute Gasteiger partial charge is 0.493 e. The number of carbonyl (C=O) groups excluding carboxylic acids is 2. The Labute approximate surface area is 197 Å². The Kier molecular flexibility index (Phi) is 9.16. The molecule has 2 aromatic rings. The second-order valence-electron chi connectivity index (χ2n) is 8.50. The van der Waals surface area contributed by atoms with Gasteiger partial charge in [0, 0.05) is 19.6 Å². The molecule has 0 aliphatic carbocycles. The van der Waals surface area contributed by atoms with Crippen molar-refractivity contribution in [1.82, 2.24) is 9.80 Å². The topological polar surface area (TPSA) is 59.1 Å². The van der Waals surface area contributed by atoms with E-state index in [1.54, 1.807) is 4.90 Å². The number of rotatable bonds is 10. The van der Waals surface area contributed by atoms with Crippen molar-refractivity contribution < 1.29 is 19.1 Å². The van der Waals surface area contributed by atoms with Crippen molar-refractivity contribution in [2.45, 2.75) is 59.0 Å². The fourth-order valence-electron chi connectivity index (χ4n) is 4.19. The van der Waals surface area contributed by atoms with Crippen molar-refractivity contribution in [3.63, 3.8) is 0 Å². The normalized spacial score (nSPS) is 16.3. The standard InChI is InChI=1S/C27H36N2O4/c1-4-17-32-25-15-14-22(18-21(25)3)19-29(24-13-9-10-16-28(5-2)27(24)31)26(30)20-33-23-11-7-6-8-12-23/h6-8,11-12,14-15,18,24H,4-5,9-10,13,16-17,19-20H2,1-3H3. The maximum absolute atomic E-state index is 13.4. The first kappa shape index (κ1) is 24.6. The molecule has 0 spiro atoms. The zero-order chi connectivity index (χ0) is 23.6. The quantitative estimate of drug-likeness (QED) is 0.529. The molecule has 6 heteroatoms. The van der Waals surface area contributed by atoms with E-state index in [2.05, 4.69) is 6.92 Å². The maximum atomic E-state index is 13.4. The number of hydrogen-bond donors (Lipinski definition) is 0. The lowest BCUT2D eigenvalue weighted by molar-refractivity contribution is -0.147. The Morgan fingerprint density at radius 1 is 1.09 bits per heavy atom. The minimum Gasteiger partial charge on any atom is -0.493 e. The molecule has 1 heterocycles. The van der Waals surface area contributed by atoms with Crippen molar-refractivity contribution in [1.29, 1.82) is 0 Å². The number of hydrogen-bond acceptors (Lipinski definition) is 4. The predicted octanol–water partition coefficient (Wildman–Crippen LogP) is 4.59. The first-order valence-electron chi connectivity index (χ1n) is 12.0. The molecule has 2 aromatic carbocycles. The molecule has 1 aliphatic heterocycles. The smallest absolute Gasteiger partial charge is 0.261 e. The van der Waals surface area contributed by atoms with Crippen LogP contribution >= 0.6 is 0 Å². The molecule has 0 bridgehead atoms. The first-order valence-corrected chi connectivity index (χ1v) is 12.0. The molecule has 0 saturated carbocycles. The van der Waals surface area contributed by atoms with Crippen LogP contribution < -0.4 is 9.47 Å². The number of amides is 2. The minimum atomic E-state index is -0.476. The van der Waals surface area contributed by atoms with Crippen LogP contribution in [0.2, 0.25) is 0 Å². The number of nitrogens with zero attached hydrogens (tertiary/aromatic N) is 2. The molecule has 33 heavy (non-hydrogen) atoms. The molecule has 1 saturated heterocycles. The summed E-state index contributed by atoms with van der Waals surface area (Å²) in [7, 11) is 0. The lowest BCUT2D eigenvalue weighted by Gasteiger charge is -2.33. The van der Waals surface area contributed by atoms with Gasteiger partial charge >= 0.3 is 0 Å². The van der Waals surface area contributed by atoms with Crippen LogP contribution in [-0.4, -0.2) is 54.0 Å². The summed E-state index contributed by atoms with van der Waals surface area (Å²) in [5.41, 5.74) is 2.00. The Hall–Kier alpha value is -3.02. The van der Waals surface area contributed by atoms with Crippen LogP contribution in [0.5, 0.6) is 11.5 Å². The molecule has 178 valence electrons. The van der Waals surface area contributed by atoms with E-state index in [9.17, 15) is 9.59 Å². The Balaban J connectivity index is 1.82. The Bertz CT molecular complexity index is 916. The first-order chi connectivity index (χ1) is 16.0. The lowest BCUT2D eigenvalue weighted by Crippen LogP contribution is -2.50. The molecule has 3 rings (SSSR count). The van der Waals surface area contributed by atoms with Crippen molar-refractivity contribution in [2.24, 2.45) is 0 Å². The van der Waals surface area contributed by atoms with E-state index in [1.807, 2.05) is 67.3 Å². The van der Waals surface area contributed by atoms with Crippen LogP contribution in [-0.2, 0) is 16.1 Å². The molecule has 0 aromatic heterocycles. The molecule has 2 amide bonds. The fourth-order valence-corrected chi connectivity index (χ4v) is 4.19. The van der Waals surface area contributed by atoms with Gasteiger partial charge in [-0.3, -0.25) is 9.59 Å². The van der Waals surface area contributed by atoms with Gasteiger partial charge in [-0.05, 0) is 68.9 Å². The van der Waals surface area contributed by atoms with Crippen molar-refractivity contribution >= 4 is 11.8 Å². The van der Waals surface area contributed by atoms with E-state index < -0.39 is 6.04 Å². The van der Waals surface area contributed by atoms with Gasteiger partial charge in [-0.25, -0.2) is 0 Å². The van der Waals surface area contributed by atoms with Gasteiger partial charge in [0.05, 0.1) is 6.61 Å². The van der Waals surface area contributed by atoms with Gasteiger partial charge in [0.15, 0.2) is 6.61 Å². The highest BCUT2D eigenvalue weighted by atomic mass is 16.5. The molecule has 1 unspecified atom stereocenters. The molecular weight excluding hydrogens is 416 g/mol. The molecule has 1 aliphatic rings. The van der Waals surface area contributed by atoms with Crippen LogP contribution in [0, 0.1) is 6.92 Å². The molecule has 0 radical (unpaired) electrons. The third-order valence-electron chi connectivity index (χ3n) is 5.99. The number of likely N-dealkylation sites (tertiary alicyclic amines) is 1. The second kappa shape index (κ2) is 12.3. The predicted molar refractivity (Wildman–Crippen MR) is 129 cm³/mol. The van der Waals surface area contributed by atoms with E-state index >= 15 is 0 Å². The third kappa shape index (κ3) is 6.73. The van der Waals surface area contributed by atoms with Crippen LogP contribution in [0.1, 0.15) is 50.7 Å². The maximum Gasteiger partial charge on any atom is 0.261 e. The van der Waals surface area contributed by atoms with Crippen LogP contribution in [0.25, 0.3) is 0 Å². The average molecular weight is 453 g/mol. The number of ether oxygens (including phenoxy) is 2. The van der Waals surface area contributed by atoms with Crippen LogP contribution in [0.15, 0.2) is 48.5 Å². The van der Waals surface area contributed by atoms with Gasteiger partial charge in [-0.15, -0.1) is 0 Å². The van der Waals surface area contributed by atoms with Crippen molar-refractivity contribution in [2.75, 3.05) is 26.3 Å². The zero-order valence-corrected chi connectivity index (χ0v) is 20.1. The van der Waals surface area contributed by atoms with E-state index in [0.717, 1.165) is 42.7 Å².